The zero-order valence-electron chi connectivity index (χ0n) is 9.48. The van der Waals surface area contributed by atoms with E-state index in [2.05, 4.69) is 5.32 Å². The highest BCUT2D eigenvalue weighted by Crippen LogP contribution is 2.48. The predicted octanol–water partition coefficient (Wildman–Crippen LogP) is 2.36. The molecule has 2 aliphatic rings. The van der Waals surface area contributed by atoms with Crippen molar-refractivity contribution in [2.45, 2.75) is 31.2 Å². The number of rotatable bonds is 1. The summed E-state index contributed by atoms with van der Waals surface area (Å²) in [6, 6.07) is 3.27. The van der Waals surface area contributed by atoms with E-state index in [9.17, 15) is 4.39 Å². The smallest absolute Gasteiger partial charge is 0.127 e. The minimum atomic E-state index is -0.0583. The number of nitrogens with one attached hydrogen (secondary N) is 1. The van der Waals surface area contributed by atoms with Crippen LogP contribution in [0.1, 0.15) is 30.4 Å². The second-order valence-corrected chi connectivity index (χ2v) is 4.84. The van der Waals surface area contributed by atoms with Crippen molar-refractivity contribution in [1.29, 1.82) is 0 Å². The summed E-state index contributed by atoms with van der Waals surface area (Å²) in [6.45, 7) is 1.63. The number of benzene rings is 1. The molecule has 0 unspecified atom stereocenters. The van der Waals surface area contributed by atoms with Crippen LogP contribution in [-0.2, 0) is 12.0 Å². The number of hydrogen-bond donors (Lipinski definition) is 1. The summed E-state index contributed by atoms with van der Waals surface area (Å²) in [4.78, 5) is 0. The topological polar surface area (TPSA) is 21.3 Å². The zero-order chi connectivity index (χ0) is 11.2. The highest BCUT2D eigenvalue weighted by Gasteiger charge is 2.44. The molecule has 1 aromatic carbocycles. The van der Waals surface area contributed by atoms with Crippen molar-refractivity contribution in [2.75, 3.05) is 13.7 Å². The summed E-state index contributed by atoms with van der Waals surface area (Å²) < 4.78 is 19.3. The van der Waals surface area contributed by atoms with Crippen molar-refractivity contribution < 1.29 is 9.13 Å². The van der Waals surface area contributed by atoms with Crippen molar-refractivity contribution in [1.82, 2.24) is 5.32 Å². The van der Waals surface area contributed by atoms with Crippen LogP contribution in [0.3, 0.4) is 0 Å². The van der Waals surface area contributed by atoms with E-state index >= 15 is 0 Å². The van der Waals surface area contributed by atoms with E-state index in [0.717, 1.165) is 42.8 Å². The second-order valence-electron chi connectivity index (χ2n) is 4.84. The molecular weight excluding hydrogens is 205 g/mol. The first-order valence-corrected chi connectivity index (χ1v) is 5.83. The van der Waals surface area contributed by atoms with Crippen LogP contribution in [0, 0.1) is 5.82 Å². The molecule has 1 saturated carbocycles. The van der Waals surface area contributed by atoms with Crippen LogP contribution in [0.5, 0.6) is 5.75 Å². The Bertz CT molecular complexity index is 426. The quantitative estimate of drug-likeness (QED) is 0.786. The van der Waals surface area contributed by atoms with Gasteiger partial charge in [0.1, 0.15) is 11.6 Å². The van der Waals surface area contributed by atoms with Crippen molar-refractivity contribution in [3.63, 3.8) is 0 Å². The summed E-state index contributed by atoms with van der Waals surface area (Å²) in [6.07, 6.45) is 3.39. The zero-order valence-corrected chi connectivity index (χ0v) is 9.48. The van der Waals surface area contributed by atoms with Gasteiger partial charge in [0.05, 0.1) is 7.11 Å². The Morgan fingerprint density at radius 3 is 2.81 bits per heavy atom. The van der Waals surface area contributed by atoms with Gasteiger partial charge in [0.15, 0.2) is 0 Å². The molecule has 16 heavy (non-hydrogen) atoms. The van der Waals surface area contributed by atoms with Gasteiger partial charge in [-0.05, 0) is 25.0 Å². The molecule has 0 aromatic heterocycles. The van der Waals surface area contributed by atoms with Crippen molar-refractivity contribution in [3.8, 4) is 5.75 Å². The lowest BCUT2D eigenvalue weighted by molar-refractivity contribution is 0.209. The van der Waals surface area contributed by atoms with Crippen LogP contribution >= 0.6 is 0 Å². The van der Waals surface area contributed by atoms with Gasteiger partial charge in [-0.2, -0.15) is 0 Å². The summed E-state index contributed by atoms with van der Waals surface area (Å²) >= 11 is 0. The maximum Gasteiger partial charge on any atom is 0.127 e. The Labute approximate surface area is 94.8 Å². The fraction of sp³-hybridized carbons (Fsp3) is 0.538. The molecule has 1 aliphatic heterocycles. The first kappa shape index (κ1) is 10.1. The van der Waals surface area contributed by atoms with E-state index in [1.54, 1.807) is 19.2 Å². The Morgan fingerprint density at radius 2 is 2.19 bits per heavy atom. The largest absolute Gasteiger partial charge is 0.496 e. The molecule has 3 heteroatoms. The molecule has 86 valence electrons. The molecule has 0 bridgehead atoms. The van der Waals surface area contributed by atoms with Gasteiger partial charge in [-0.1, -0.05) is 6.42 Å². The lowest BCUT2D eigenvalue weighted by Crippen LogP contribution is -2.48. The van der Waals surface area contributed by atoms with E-state index in [-0.39, 0.29) is 11.2 Å². The van der Waals surface area contributed by atoms with E-state index in [1.165, 1.54) is 6.42 Å². The molecule has 1 fully saturated rings. The third-order valence-electron chi connectivity index (χ3n) is 4.05. The molecule has 2 nitrogen and oxygen atoms in total. The van der Waals surface area contributed by atoms with Gasteiger partial charge < -0.3 is 10.1 Å². The fourth-order valence-electron chi connectivity index (χ4n) is 3.09. The monoisotopic (exact) mass is 221 g/mol. The van der Waals surface area contributed by atoms with Gasteiger partial charge in [-0.25, -0.2) is 4.39 Å². The van der Waals surface area contributed by atoms with Crippen LogP contribution in [0.25, 0.3) is 0 Å². The van der Waals surface area contributed by atoms with Crippen molar-refractivity contribution >= 4 is 0 Å². The van der Waals surface area contributed by atoms with Gasteiger partial charge in [0.25, 0.3) is 0 Å². The summed E-state index contributed by atoms with van der Waals surface area (Å²) in [5, 5.41) is 3.39. The Hall–Kier alpha value is -1.09. The third kappa shape index (κ3) is 1.21. The number of fused-ring (bicyclic) bond motifs is 2. The standard InChI is InChI=1S/C13H16FNO/c1-16-11-4-3-10(14)12-9(11)7-15-8-13(12)5-2-6-13/h3-4,15H,2,5-8H2,1H3. The molecule has 1 N–H and O–H groups in total. The van der Waals surface area contributed by atoms with Crippen LogP contribution < -0.4 is 10.1 Å². The van der Waals surface area contributed by atoms with Crippen LogP contribution in [0.2, 0.25) is 0 Å². The third-order valence-corrected chi connectivity index (χ3v) is 4.05. The molecule has 1 aliphatic carbocycles. The van der Waals surface area contributed by atoms with Gasteiger partial charge in [-0.3, -0.25) is 0 Å². The van der Waals surface area contributed by atoms with E-state index in [0.29, 0.717) is 0 Å². The molecule has 0 amide bonds. The lowest BCUT2D eigenvalue weighted by Gasteiger charge is -2.46. The van der Waals surface area contributed by atoms with Gasteiger partial charge >= 0.3 is 0 Å². The Kier molecular flexibility index (Phi) is 2.18. The Balaban J connectivity index is 2.19. The highest BCUT2D eigenvalue weighted by molar-refractivity contribution is 5.48. The SMILES string of the molecule is COc1ccc(F)c2c1CNCC21CCC1. The van der Waals surface area contributed by atoms with Crippen molar-refractivity contribution in [2.24, 2.45) is 0 Å². The van der Waals surface area contributed by atoms with E-state index in [1.807, 2.05) is 0 Å². The Morgan fingerprint density at radius 1 is 1.38 bits per heavy atom. The molecule has 0 atom stereocenters. The summed E-state index contributed by atoms with van der Waals surface area (Å²) in [7, 11) is 1.65. The molecule has 0 saturated heterocycles. The predicted molar refractivity (Wildman–Crippen MR) is 60.2 cm³/mol. The molecular formula is C13H16FNO. The molecule has 3 rings (SSSR count). The minimum absolute atomic E-state index is 0.0478. The van der Waals surface area contributed by atoms with E-state index < -0.39 is 0 Å². The maximum absolute atomic E-state index is 14.0. The van der Waals surface area contributed by atoms with Crippen LogP contribution in [-0.4, -0.2) is 13.7 Å². The van der Waals surface area contributed by atoms with E-state index in [4.69, 9.17) is 4.74 Å². The first-order chi connectivity index (χ1) is 7.77. The number of ether oxygens (including phenoxy) is 1. The minimum Gasteiger partial charge on any atom is -0.496 e. The average Bonchev–Trinajstić information content (AvgIpc) is 2.27. The normalized spacial score (nSPS) is 21.4. The highest BCUT2D eigenvalue weighted by atomic mass is 19.1. The molecule has 0 radical (unpaired) electrons. The summed E-state index contributed by atoms with van der Waals surface area (Å²) in [5.41, 5.74) is 1.98. The maximum atomic E-state index is 14.0. The van der Waals surface area contributed by atoms with Gasteiger partial charge in [0, 0.05) is 29.6 Å². The second kappa shape index (κ2) is 3.45. The number of halogens is 1. The number of hydrogen-bond acceptors (Lipinski definition) is 2. The first-order valence-electron chi connectivity index (χ1n) is 5.83. The van der Waals surface area contributed by atoms with Crippen LogP contribution in [0.4, 0.5) is 4.39 Å². The lowest BCUT2D eigenvalue weighted by atomic mass is 9.62. The van der Waals surface area contributed by atoms with Gasteiger partial charge in [0.2, 0.25) is 0 Å². The molecule has 1 spiro atoms. The number of methoxy groups -OCH3 is 1. The van der Waals surface area contributed by atoms with Crippen LogP contribution in [0.15, 0.2) is 12.1 Å². The summed E-state index contributed by atoms with van der Waals surface area (Å²) in [5.74, 6) is 0.756. The average molecular weight is 221 g/mol. The molecule has 1 heterocycles. The molecule has 1 aromatic rings. The van der Waals surface area contributed by atoms with Gasteiger partial charge in [-0.15, -0.1) is 0 Å². The van der Waals surface area contributed by atoms with Crippen molar-refractivity contribution in [3.05, 3.63) is 29.1 Å². The fourth-order valence-corrected chi connectivity index (χ4v) is 3.09.